The minimum atomic E-state index is -0.318. The number of pyridine rings is 1. The van der Waals surface area contributed by atoms with Crippen LogP contribution in [0.2, 0.25) is 5.02 Å². The smallest absolute Gasteiger partial charge is 0.253 e. The van der Waals surface area contributed by atoms with Crippen molar-refractivity contribution in [2.45, 2.75) is 19.9 Å². The Kier molecular flexibility index (Phi) is 4.89. The molecule has 0 aliphatic rings. The summed E-state index contributed by atoms with van der Waals surface area (Å²) in [6, 6.07) is 1.61. The van der Waals surface area contributed by atoms with Crippen LogP contribution in [0, 0.1) is 0 Å². The average molecular weight is 296 g/mol. The first kappa shape index (κ1) is 14.3. The van der Waals surface area contributed by atoms with Gasteiger partial charge in [0.1, 0.15) is 5.82 Å². The zero-order valence-electron chi connectivity index (χ0n) is 10.9. The number of amides is 1. The number of nitrogens with zero attached hydrogens (tertiary/aromatic N) is 3. The fourth-order valence-corrected chi connectivity index (χ4v) is 1.68. The van der Waals surface area contributed by atoms with Gasteiger partial charge in [0.15, 0.2) is 5.82 Å². The van der Waals surface area contributed by atoms with Crippen molar-refractivity contribution in [3.8, 4) is 0 Å². The number of anilines is 1. The van der Waals surface area contributed by atoms with Crippen LogP contribution >= 0.6 is 11.6 Å². The van der Waals surface area contributed by atoms with Gasteiger partial charge in [-0.1, -0.05) is 23.7 Å². The number of hydrogen-bond donors (Lipinski definition) is 2. The van der Waals surface area contributed by atoms with Crippen molar-refractivity contribution < 1.29 is 9.32 Å². The Morgan fingerprint density at radius 2 is 2.30 bits per heavy atom. The Labute approximate surface area is 120 Å². The van der Waals surface area contributed by atoms with E-state index in [9.17, 15) is 4.79 Å². The summed E-state index contributed by atoms with van der Waals surface area (Å²) in [6.45, 7) is 2.99. The predicted octanol–water partition coefficient (Wildman–Crippen LogP) is 1.87. The molecule has 2 heterocycles. The molecule has 20 heavy (non-hydrogen) atoms. The number of hydrogen-bond acceptors (Lipinski definition) is 6. The van der Waals surface area contributed by atoms with Gasteiger partial charge in [0.05, 0.1) is 17.1 Å². The number of carbonyl (C=O) groups is 1. The molecular formula is C12H14ClN5O2. The van der Waals surface area contributed by atoms with Gasteiger partial charge in [-0.25, -0.2) is 4.98 Å². The van der Waals surface area contributed by atoms with Crippen molar-refractivity contribution in [3.63, 3.8) is 0 Å². The van der Waals surface area contributed by atoms with E-state index < -0.39 is 0 Å². The Morgan fingerprint density at radius 1 is 1.45 bits per heavy atom. The second-order valence-corrected chi connectivity index (χ2v) is 4.41. The van der Waals surface area contributed by atoms with Gasteiger partial charge in [0.2, 0.25) is 6.39 Å². The van der Waals surface area contributed by atoms with E-state index in [0.717, 1.165) is 13.0 Å². The molecule has 0 atom stereocenters. The van der Waals surface area contributed by atoms with Crippen molar-refractivity contribution in [3.05, 3.63) is 35.1 Å². The number of nitrogens with one attached hydrogen (secondary N) is 2. The molecule has 0 saturated carbocycles. The van der Waals surface area contributed by atoms with Crippen LogP contribution in [0.5, 0.6) is 0 Å². The van der Waals surface area contributed by atoms with E-state index in [-0.39, 0.29) is 17.5 Å². The molecule has 0 saturated heterocycles. The normalized spacial score (nSPS) is 10.3. The molecule has 0 radical (unpaired) electrons. The maximum absolute atomic E-state index is 12.0. The lowest BCUT2D eigenvalue weighted by molar-refractivity contribution is 0.0949. The van der Waals surface area contributed by atoms with Crippen LogP contribution in [-0.4, -0.2) is 27.6 Å². The number of carbonyl (C=O) groups excluding carboxylic acids is 1. The Hall–Kier alpha value is -2.15. The Bertz CT molecular complexity index is 573. The molecule has 0 bridgehead atoms. The van der Waals surface area contributed by atoms with Crippen LogP contribution in [0.1, 0.15) is 29.5 Å². The second kappa shape index (κ2) is 6.85. The lowest BCUT2D eigenvalue weighted by atomic mass is 10.2. The van der Waals surface area contributed by atoms with Crippen molar-refractivity contribution in [1.82, 2.24) is 20.4 Å². The molecule has 0 unspecified atom stereocenters. The van der Waals surface area contributed by atoms with E-state index in [1.807, 2.05) is 6.92 Å². The van der Waals surface area contributed by atoms with Crippen LogP contribution < -0.4 is 10.6 Å². The van der Waals surface area contributed by atoms with E-state index in [4.69, 9.17) is 11.6 Å². The lowest BCUT2D eigenvalue weighted by Crippen LogP contribution is -2.24. The summed E-state index contributed by atoms with van der Waals surface area (Å²) < 4.78 is 4.58. The van der Waals surface area contributed by atoms with Gasteiger partial charge in [-0.15, -0.1) is 0 Å². The van der Waals surface area contributed by atoms with E-state index in [2.05, 4.69) is 30.3 Å². The highest BCUT2D eigenvalue weighted by atomic mass is 35.5. The molecule has 0 aliphatic carbocycles. The second-order valence-electron chi connectivity index (χ2n) is 4.01. The fraction of sp³-hybridized carbons (Fsp3) is 0.333. The first-order valence-corrected chi connectivity index (χ1v) is 6.51. The van der Waals surface area contributed by atoms with Crippen LogP contribution in [0.15, 0.2) is 23.2 Å². The SMILES string of the molecule is CCCNc1cc(C(=O)NCc2ncon2)c(Cl)cn1. The van der Waals surface area contributed by atoms with Crippen LogP contribution in [0.4, 0.5) is 5.82 Å². The predicted molar refractivity (Wildman–Crippen MR) is 73.5 cm³/mol. The molecule has 0 aromatic carbocycles. The van der Waals surface area contributed by atoms with Gasteiger partial charge in [0, 0.05) is 12.7 Å². The van der Waals surface area contributed by atoms with Crippen molar-refractivity contribution in [2.75, 3.05) is 11.9 Å². The zero-order valence-corrected chi connectivity index (χ0v) is 11.6. The maximum atomic E-state index is 12.0. The molecule has 0 spiro atoms. The molecule has 2 N–H and O–H groups in total. The van der Waals surface area contributed by atoms with Gasteiger partial charge in [0.25, 0.3) is 5.91 Å². The summed E-state index contributed by atoms with van der Waals surface area (Å²) in [4.78, 5) is 20.0. The molecule has 8 heteroatoms. The fourth-order valence-electron chi connectivity index (χ4n) is 1.49. The largest absolute Gasteiger partial charge is 0.370 e. The number of rotatable bonds is 6. The molecule has 106 valence electrons. The highest BCUT2D eigenvalue weighted by Gasteiger charge is 2.12. The zero-order chi connectivity index (χ0) is 14.4. The van der Waals surface area contributed by atoms with Gasteiger partial charge in [-0.05, 0) is 12.5 Å². The third-order valence-corrected chi connectivity index (χ3v) is 2.77. The lowest BCUT2D eigenvalue weighted by Gasteiger charge is -2.08. The number of halogens is 1. The summed E-state index contributed by atoms with van der Waals surface area (Å²) in [5.41, 5.74) is 0.351. The van der Waals surface area contributed by atoms with Crippen LogP contribution in [0.3, 0.4) is 0 Å². The topological polar surface area (TPSA) is 92.9 Å². The number of aromatic nitrogens is 3. The molecular weight excluding hydrogens is 282 g/mol. The highest BCUT2D eigenvalue weighted by molar-refractivity contribution is 6.33. The van der Waals surface area contributed by atoms with E-state index in [0.29, 0.717) is 17.2 Å². The molecule has 7 nitrogen and oxygen atoms in total. The molecule has 2 aromatic heterocycles. The first-order chi connectivity index (χ1) is 9.70. The summed E-state index contributed by atoms with van der Waals surface area (Å²) in [6.07, 6.45) is 3.61. The van der Waals surface area contributed by atoms with Crippen molar-refractivity contribution in [1.29, 1.82) is 0 Å². The molecule has 0 fully saturated rings. The van der Waals surface area contributed by atoms with E-state index in [1.165, 1.54) is 12.6 Å². The summed E-state index contributed by atoms with van der Waals surface area (Å²) in [5.74, 6) is 0.690. The van der Waals surface area contributed by atoms with E-state index >= 15 is 0 Å². The minimum Gasteiger partial charge on any atom is -0.370 e. The first-order valence-electron chi connectivity index (χ1n) is 6.13. The van der Waals surface area contributed by atoms with Crippen LogP contribution in [-0.2, 0) is 6.54 Å². The maximum Gasteiger partial charge on any atom is 0.253 e. The quantitative estimate of drug-likeness (QED) is 0.845. The third-order valence-electron chi connectivity index (χ3n) is 2.47. The molecule has 2 aromatic rings. The Balaban J connectivity index is 2.04. The summed E-state index contributed by atoms with van der Waals surface area (Å²) in [5, 5.41) is 9.65. The van der Waals surface area contributed by atoms with Crippen LogP contribution in [0.25, 0.3) is 0 Å². The highest BCUT2D eigenvalue weighted by Crippen LogP contribution is 2.18. The van der Waals surface area contributed by atoms with Gasteiger partial charge in [-0.2, -0.15) is 4.98 Å². The molecule has 1 amide bonds. The Morgan fingerprint density at radius 3 is 3.00 bits per heavy atom. The van der Waals surface area contributed by atoms with E-state index in [1.54, 1.807) is 6.07 Å². The molecule has 0 aliphatic heterocycles. The third kappa shape index (κ3) is 3.67. The van der Waals surface area contributed by atoms with Crippen molar-refractivity contribution >= 4 is 23.3 Å². The standard InChI is InChI=1S/C12H14ClN5O2/c1-2-3-14-10-4-8(9(13)5-15-10)12(19)16-6-11-17-7-20-18-11/h4-5,7H,2-3,6H2,1H3,(H,14,15)(H,16,19). The average Bonchev–Trinajstić information content (AvgIpc) is 2.97. The van der Waals surface area contributed by atoms with Gasteiger partial charge < -0.3 is 15.2 Å². The summed E-state index contributed by atoms with van der Waals surface area (Å²) >= 11 is 5.98. The van der Waals surface area contributed by atoms with Gasteiger partial charge >= 0.3 is 0 Å². The summed E-state index contributed by atoms with van der Waals surface area (Å²) in [7, 11) is 0. The molecule has 2 rings (SSSR count). The monoisotopic (exact) mass is 295 g/mol. The van der Waals surface area contributed by atoms with Gasteiger partial charge in [-0.3, -0.25) is 4.79 Å². The van der Waals surface area contributed by atoms with Crippen molar-refractivity contribution in [2.24, 2.45) is 0 Å². The minimum absolute atomic E-state index is 0.172.